The number of aryl methyl sites for hydroxylation is 2. The minimum atomic E-state index is -0.567. The number of hydrogen-bond donors (Lipinski definition) is 1. The van der Waals surface area contributed by atoms with Crippen molar-refractivity contribution in [2.45, 2.75) is 20.4 Å². The molecule has 0 aliphatic carbocycles. The molecule has 0 fully saturated rings. The summed E-state index contributed by atoms with van der Waals surface area (Å²) in [6.07, 6.45) is 2.75. The lowest BCUT2D eigenvalue weighted by molar-refractivity contribution is -0.385. The van der Waals surface area contributed by atoms with Gasteiger partial charge in [-0.3, -0.25) is 10.1 Å². The highest BCUT2D eigenvalue weighted by atomic mass is 16.6. The van der Waals surface area contributed by atoms with E-state index < -0.39 is 4.92 Å². The lowest BCUT2D eigenvalue weighted by Crippen LogP contribution is -2.06. The van der Waals surface area contributed by atoms with Gasteiger partial charge in [0, 0.05) is 0 Å². The van der Waals surface area contributed by atoms with E-state index in [2.05, 4.69) is 15.3 Å². The minimum Gasteiger partial charge on any atom is -0.467 e. The van der Waals surface area contributed by atoms with Gasteiger partial charge in [0.1, 0.15) is 17.8 Å². The van der Waals surface area contributed by atoms with Crippen molar-refractivity contribution in [3.8, 4) is 11.6 Å². The SMILES string of the molecule is Cc1cc(C)cc(Oc2ncnc(NCc3ccco3)c2[N+](=O)[O-])c1. The maximum Gasteiger partial charge on any atom is 0.373 e. The average Bonchev–Trinajstić information content (AvgIpc) is 3.05. The van der Waals surface area contributed by atoms with Crippen LogP contribution in [0.4, 0.5) is 11.5 Å². The van der Waals surface area contributed by atoms with Gasteiger partial charge < -0.3 is 14.5 Å². The van der Waals surface area contributed by atoms with Crippen molar-refractivity contribution in [3.63, 3.8) is 0 Å². The molecule has 1 aromatic carbocycles. The van der Waals surface area contributed by atoms with Crippen molar-refractivity contribution in [3.05, 3.63) is 69.9 Å². The Morgan fingerprint density at radius 2 is 2.00 bits per heavy atom. The van der Waals surface area contributed by atoms with Crippen molar-refractivity contribution in [2.75, 3.05) is 5.32 Å². The summed E-state index contributed by atoms with van der Waals surface area (Å²) in [5, 5.41) is 14.4. The predicted octanol–water partition coefficient (Wildman–Crippen LogP) is 4.00. The molecule has 0 bridgehead atoms. The van der Waals surface area contributed by atoms with Crippen LogP contribution in [-0.4, -0.2) is 14.9 Å². The molecule has 0 aliphatic rings. The van der Waals surface area contributed by atoms with Crippen molar-refractivity contribution in [2.24, 2.45) is 0 Å². The first-order valence-corrected chi connectivity index (χ1v) is 7.54. The fourth-order valence-corrected chi connectivity index (χ4v) is 2.42. The molecule has 0 aliphatic heterocycles. The molecule has 0 amide bonds. The molecule has 2 aromatic heterocycles. The molecule has 2 heterocycles. The van der Waals surface area contributed by atoms with E-state index in [-0.39, 0.29) is 23.9 Å². The van der Waals surface area contributed by atoms with Gasteiger partial charge in [0.15, 0.2) is 0 Å². The van der Waals surface area contributed by atoms with E-state index in [0.717, 1.165) is 11.1 Å². The van der Waals surface area contributed by atoms with E-state index in [9.17, 15) is 10.1 Å². The fraction of sp³-hybridized carbons (Fsp3) is 0.176. The smallest absolute Gasteiger partial charge is 0.373 e. The number of nitrogens with zero attached hydrogens (tertiary/aromatic N) is 3. The zero-order valence-corrected chi connectivity index (χ0v) is 13.7. The molecule has 3 rings (SSSR count). The van der Waals surface area contributed by atoms with Gasteiger partial charge in [0.2, 0.25) is 5.82 Å². The van der Waals surface area contributed by atoms with E-state index in [0.29, 0.717) is 11.5 Å². The van der Waals surface area contributed by atoms with Gasteiger partial charge in [-0.1, -0.05) is 6.07 Å². The van der Waals surface area contributed by atoms with Crippen LogP contribution in [0, 0.1) is 24.0 Å². The third-order valence-corrected chi connectivity index (χ3v) is 3.39. The Morgan fingerprint density at radius 1 is 1.24 bits per heavy atom. The molecular weight excluding hydrogens is 324 g/mol. The lowest BCUT2D eigenvalue weighted by Gasteiger charge is -2.09. The van der Waals surface area contributed by atoms with E-state index in [4.69, 9.17) is 9.15 Å². The summed E-state index contributed by atoms with van der Waals surface area (Å²) in [5.41, 5.74) is 1.65. The largest absolute Gasteiger partial charge is 0.467 e. The van der Waals surface area contributed by atoms with Gasteiger partial charge in [-0.2, -0.15) is 4.98 Å². The van der Waals surface area contributed by atoms with Crippen LogP contribution >= 0.6 is 0 Å². The highest BCUT2D eigenvalue weighted by Gasteiger charge is 2.25. The molecule has 3 aromatic rings. The van der Waals surface area contributed by atoms with Crippen molar-refractivity contribution >= 4 is 11.5 Å². The molecule has 8 heteroatoms. The Balaban J connectivity index is 1.90. The fourth-order valence-electron chi connectivity index (χ4n) is 2.42. The van der Waals surface area contributed by atoms with Crippen LogP contribution in [0.25, 0.3) is 0 Å². The summed E-state index contributed by atoms with van der Waals surface area (Å²) >= 11 is 0. The standard InChI is InChI=1S/C17H16N4O4/c1-11-6-12(2)8-14(7-11)25-17-15(21(22)23)16(19-10-20-17)18-9-13-4-3-5-24-13/h3-8,10H,9H2,1-2H3,(H,18,19,20). The topological polar surface area (TPSA) is 103 Å². The molecule has 0 saturated heterocycles. The van der Waals surface area contributed by atoms with E-state index in [1.165, 1.54) is 12.6 Å². The number of aromatic nitrogens is 2. The maximum absolute atomic E-state index is 11.5. The van der Waals surface area contributed by atoms with Gasteiger partial charge in [0.05, 0.1) is 17.7 Å². The van der Waals surface area contributed by atoms with Crippen LogP contribution in [-0.2, 0) is 6.54 Å². The van der Waals surface area contributed by atoms with Crippen LogP contribution < -0.4 is 10.1 Å². The second kappa shape index (κ2) is 7.00. The predicted molar refractivity (Wildman–Crippen MR) is 90.7 cm³/mol. The minimum absolute atomic E-state index is 0.0655. The number of furan rings is 1. The van der Waals surface area contributed by atoms with Crippen LogP contribution in [0.3, 0.4) is 0 Å². The second-order valence-electron chi connectivity index (χ2n) is 5.49. The molecule has 0 saturated carbocycles. The Kier molecular flexibility index (Phi) is 4.60. The quantitative estimate of drug-likeness (QED) is 0.534. The monoisotopic (exact) mass is 340 g/mol. The third-order valence-electron chi connectivity index (χ3n) is 3.39. The molecular formula is C17H16N4O4. The number of nitro groups is 1. The number of nitrogens with one attached hydrogen (secondary N) is 1. The lowest BCUT2D eigenvalue weighted by atomic mass is 10.1. The first-order chi connectivity index (χ1) is 12.0. The second-order valence-corrected chi connectivity index (χ2v) is 5.49. The van der Waals surface area contributed by atoms with Gasteiger partial charge in [-0.15, -0.1) is 0 Å². The third kappa shape index (κ3) is 3.92. The van der Waals surface area contributed by atoms with Gasteiger partial charge in [-0.05, 0) is 49.2 Å². The van der Waals surface area contributed by atoms with Crippen LogP contribution in [0.2, 0.25) is 0 Å². The van der Waals surface area contributed by atoms with Crippen molar-refractivity contribution in [1.29, 1.82) is 0 Å². The highest BCUT2D eigenvalue weighted by molar-refractivity contribution is 5.61. The van der Waals surface area contributed by atoms with Gasteiger partial charge in [-0.25, -0.2) is 4.98 Å². The Labute approximate surface area is 143 Å². The summed E-state index contributed by atoms with van der Waals surface area (Å²) in [7, 11) is 0. The zero-order valence-electron chi connectivity index (χ0n) is 13.7. The molecule has 1 N–H and O–H groups in total. The van der Waals surface area contributed by atoms with E-state index >= 15 is 0 Å². The molecule has 0 unspecified atom stereocenters. The van der Waals surface area contributed by atoms with Crippen molar-refractivity contribution < 1.29 is 14.1 Å². The number of benzene rings is 1. The van der Waals surface area contributed by atoms with E-state index in [1.807, 2.05) is 19.9 Å². The van der Waals surface area contributed by atoms with Crippen LogP contribution in [0.1, 0.15) is 16.9 Å². The maximum atomic E-state index is 11.5. The number of anilines is 1. The van der Waals surface area contributed by atoms with Crippen LogP contribution in [0.5, 0.6) is 11.6 Å². The van der Waals surface area contributed by atoms with E-state index in [1.54, 1.807) is 24.3 Å². The molecule has 0 radical (unpaired) electrons. The molecule has 8 nitrogen and oxygen atoms in total. The Morgan fingerprint density at radius 3 is 2.64 bits per heavy atom. The zero-order chi connectivity index (χ0) is 17.8. The van der Waals surface area contributed by atoms with Gasteiger partial charge >= 0.3 is 11.6 Å². The normalized spacial score (nSPS) is 10.5. The molecule has 128 valence electrons. The van der Waals surface area contributed by atoms with Gasteiger partial charge in [0.25, 0.3) is 0 Å². The molecule has 0 atom stereocenters. The number of hydrogen-bond acceptors (Lipinski definition) is 7. The average molecular weight is 340 g/mol. The molecule has 25 heavy (non-hydrogen) atoms. The summed E-state index contributed by atoms with van der Waals surface area (Å²) in [4.78, 5) is 18.8. The summed E-state index contributed by atoms with van der Waals surface area (Å²) < 4.78 is 10.9. The first kappa shape index (κ1) is 16.4. The Hall–Kier alpha value is -3.42. The molecule has 0 spiro atoms. The first-order valence-electron chi connectivity index (χ1n) is 7.54. The summed E-state index contributed by atoms with van der Waals surface area (Å²) in [6.45, 7) is 4.10. The number of ether oxygens (including phenoxy) is 1. The Bertz CT molecular complexity index is 873. The highest BCUT2D eigenvalue weighted by Crippen LogP contribution is 2.34. The van der Waals surface area contributed by atoms with Crippen LogP contribution in [0.15, 0.2) is 47.3 Å². The van der Waals surface area contributed by atoms with Crippen molar-refractivity contribution in [1.82, 2.24) is 9.97 Å². The summed E-state index contributed by atoms with van der Waals surface area (Å²) in [6, 6.07) is 9.05. The number of rotatable bonds is 6. The summed E-state index contributed by atoms with van der Waals surface area (Å²) in [5.74, 6) is 1.06.